The molecule has 156 valence electrons. The second-order valence-electron chi connectivity index (χ2n) is 7.25. The van der Waals surface area contributed by atoms with Crippen LogP contribution in [0, 0.1) is 0 Å². The molecule has 0 radical (unpaired) electrons. The average molecular weight is 413 g/mol. The molecule has 0 bridgehead atoms. The molecule has 1 heterocycles. The van der Waals surface area contributed by atoms with Gasteiger partial charge in [0, 0.05) is 12.0 Å². The molecule has 4 rings (SSSR count). The summed E-state index contributed by atoms with van der Waals surface area (Å²) in [6, 6.07) is 25.7. The van der Waals surface area contributed by atoms with E-state index < -0.39 is 12.0 Å². The number of amides is 1. The van der Waals surface area contributed by atoms with Crippen LogP contribution in [0.1, 0.15) is 46.4 Å². The molecule has 4 aromatic rings. The molecule has 0 fully saturated rings. The van der Waals surface area contributed by atoms with Gasteiger partial charge in [0.15, 0.2) is 0 Å². The summed E-state index contributed by atoms with van der Waals surface area (Å²) in [5.41, 5.74) is 10.1. The van der Waals surface area contributed by atoms with Crippen molar-refractivity contribution in [2.75, 3.05) is 0 Å². The second kappa shape index (κ2) is 9.32. The molecule has 0 aliphatic carbocycles. The van der Waals surface area contributed by atoms with Crippen molar-refractivity contribution in [2.45, 2.75) is 25.6 Å². The smallest absolute Gasteiger partial charge is 0.248 e. The molecule has 2 unspecified atom stereocenters. The molecule has 7 nitrogen and oxygen atoms in total. The van der Waals surface area contributed by atoms with Crippen LogP contribution in [0.2, 0.25) is 0 Å². The first-order chi connectivity index (χ1) is 15.1. The number of H-pyrrole nitrogens is 1. The topological polar surface area (TPSA) is 107 Å². The van der Waals surface area contributed by atoms with Crippen LogP contribution < -0.4 is 5.73 Å². The van der Waals surface area contributed by atoms with E-state index in [4.69, 9.17) is 10.5 Å². The Morgan fingerprint density at radius 3 is 2.32 bits per heavy atom. The molecular weight excluding hydrogens is 390 g/mol. The number of primary amides is 1. The lowest BCUT2D eigenvalue weighted by atomic mass is 9.95. The van der Waals surface area contributed by atoms with E-state index in [2.05, 4.69) is 44.9 Å². The number of nitrogens with two attached hydrogens (primary N) is 1. The summed E-state index contributed by atoms with van der Waals surface area (Å²) in [4.78, 5) is 11.9. The molecular formula is C24H23N5O2. The molecule has 7 heteroatoms. The van der Waals surface area contributed by atoms with Crippen molar-refractivity contribution in [3.63, 3.8) is 0 Å². The van der Waals surface area contributed by atoms with Crippen LogP contribution in [0.25, 0.3) is 11.1 Å². The fraction of sp³-hybridized carbons (Fsp3) is 0.167. The Kier molecular flexibility index (Phi) is 6.14. The van der Waals surface area contributed by atoms with Crippen molar-refractivity contribution in [2.24, 2.45) is 5.73 Å². The van der Waals surface area contributed by atoms with Crippen molar-refractivity contribution in [3.8, 4) is 11.1 Å². The standard InChI is InChI=1S/C24H23N5O2/c1-16(24-26-28-29-27-24)31-22(15-20-9-5-6-10-21(20)23(25)30)19-13-11-18(12-14-19)17-7-3-2-4-8-17/h2-14,16,22H,15H2,1H3,(H2,25,30)(H,26,27,28,29). The van der Waals surface area contributed by atoms with Gasteiger partial charge in [-0.3, -0.25) is 4.79 Å². The molecule has 0 saturated heterocycles. The van der Waals surface area contributed by atoms with E-state index in [0.717, 1.165) is 22.3 Å². The number of carbonyl (C=O) groups is 1. The zero-order chi connectivity index (χ0) is 21.6. The number of benzene rings is 3. The first kappa shape index (κ1) is 20.4. The Balaban J connectivity index is 1.64. The van der Waals surface area contributed by atoms with Crippen LogP contribution >= 0.6 is 0 Å². The molecule has 1 aromatic heterocycles. The van der Waals surface area contributed by atoms with Gasteiger partial charge in [0.25, 0.3) is 0 Å². The predicted octanol–water partition coefficient (Wildman–Crippen LogP) is 4.03. The van der Waals surface area contributed by atoms with Crippen molar-refractivity contribution in [1.82, 2.24) is 20.6 Å². The van der Waals surface area contributed by atoms with Crippen molar-refractivity contribution in [1.29, 1.82) is 0 Å². The number of aromatic amines is 1. The summed E-state index contributed by atoms with van der Waals surface area (Å²) >= 11 is 0. The van der Waals surface area contributed by atoms with E-state index in [1.54, 1.807) is 12.1 Å². The van der Waals surface area contributed by atoms with E-state index in [1.165, 1.54) is 0 Å². The summed E-state index contributed by atoms with van der Waals surface area (Å²) in [6.45, 7) is 1.87. The molecule has 3 N–H and O–H groups in total. The summed E-state index contributed by atoms with van der Waals surface area (Å²) in [5, 5.41) is 14.1. The molecule has 3 aromatic carbocycles. The Labute approximate surface area is 180 Å². The SMILES string of the molecule is CC(OC(Cc1ccccc1C(N)=O)c1ccc(-c2ccccc2)cc1)c1nn[nH]n1. The lowest BCUT2D eigenvalue weighted by molar-refractivity contribution is -0.00930. The Hall–Kier alpha value is -3.84. The number of nitrogens with one attached hydrogen (secondary N) is 1. The average Bonchev–Trinajstić information content (AvgIpc) is 3.35. The van der Waals surface area contributed by atoms with Gasteiger partial charge >= 0.3 is 0 Å². The summed E-state index contributed by atoms with van der Waals surface area (Å²) in [7, 11) is 0. The summed E-state index contributed by atoms with van der Waals surface area (Å²) in [6.07, 6.45) is -0.247. The van der Waals surface area contributed by atoms with Gasteiger partial charge in [-0.25, -0.2) is 0 Å². The minimum absolute atomic E-state index is 0.334. The predicted molar refractivity (Wildman–Crippen MR) is 117 cm³/mol. The van der Waals surface area contributed by atoms with Crippen LogP contribution in [-0.4, -0.2) is 26.5 Å². The molecule has 31 heavy (non-hydrogen) atoms. The molecule has 0 aliphatic heterocycles. The van der Waals surface area contributed by atoms with E-state index in [1.807, 2.05) is 49.4 Å². The fourth-order valence-corrected chi connectivity index (χ4v) is 3.55. The maximum Gasteiger partial charge on any atom is 0.248 e. The molecule has 1 amide bonds. The van der Waals surface area contributed by atoms with E-state index in [0.29, 0.717) is 17.8 Å². The van der Waals surface area contributed by atoms with Crippen molar-refractivity contribution >= 4 is 5.91 Å². The van der Waals surface area contributed by atoms with Crippen LogP contribution in [0.5, 0.6) is 0 Å². The zero-order valence-electron chi connectivity index (χ0n) is 17.1. The quantitative estimate of drug-likeness (QED) is 0.454. The van der Waals surface area contributed by atoms with Crippen LogP contribution in [0.4, 0.5) is 0 Å². The maximum absolute atomic E-state index is 11.9. The number of hydrogen-bond donors (Lipinski definition) is 2. The number of hydrogen-bond acceptors (Lipinski definition) is 5. The summed E-state index contributed by atoms with van der Waals surface area (Å²) in [5.74, 6) is 0.00841. The van der Waals surface area contributed by atoms with Crippen LogP contribution in [-0.2, 0) is 11.2 Å². The maximum atomic E-state index is 11.9. The highest BCUT2D eigenvalue weighted by molar-refractivity contribution is 5.94. The minimum Gasteiger partial charge on any atom is -0.366 e. The van der Waals surface area contributed by atoms with Crippen LogP contribution in [0.3, 0.4) is 0 Å². The normalized spacial score (nSPS) is 12.9. The Bertz CT molecular complexity index is 1130. The van der Waals surface area contributed by atoms with E-state index in [-0.39, 0.29) is 6.10 Å². The van der Waals surface area contributed by atoms with Crippen molar-refractivity contribution in [3.05, 3.63) is 101 Å². The number of carbonyl (C=O) groups excluding carboxylic acids is 1. The van der Waals surface area contributed by atoms with Gasteiger partial charge in [0.1, 0.15) is 6.10 Å². The van der Waals surface area contributed by atoms with Gasteiger partial charge in [-0.15, -0.1) is 10.2 Å². The van der Waals surface area contributed by atoms with Gasteiger partial charge < -0.3 is 10.5 Å². The monoisotopic (exact) mass is 413 g/mol. The zero-order valence-corrected chi connectivity index (χ0v) is 17.1. The highest BCUT2D eigenvalue weighted by Crippen LogP contribution is 2.31. The second-order valence-corrected chi connectivity index (χ2v) is 7.25. The third kappa shape index (κ3) is 4.84. The Morgan fingerprint density at radius 1 is 0.968 bits per heavy atom. The van der Waals surface area contributed by atoms with Crippen molar-refractivity contribution < 1.29 is 9.53 Å². The number of rotatable bonds is 8. The fourth-order valence-electron chi connectivity index (χ4n) is 3.55. The van der Waals surface area contributed by atoms with Gasteiger partial charge in [-0.2, -0.15) is 5.21 Å². The third-order valence-electron chi connectivity index (χ3n) is 5.17. The number of aromatic nitrogens is 4. The van der Waals surface area contributed by atoms with Crippen LogP contribution in [0.15, 0.2) is 78.9 Å². The molecule has 0 aliphatic rings. The highest BCUT2D eigenvalue weighted by atomic mass is 16.5. The lowest BCUT2D eigenvalue weighted by Crippen LogP contribution is -2.17. The molecule has 0 spiro atoms. The van der Waals surface area contributed by atoms with Gasteiger partial charge in [0.2, 0.25) is 11.7 Å². The number of ether oxygens (including phenoxy) is 1. The summed E-state index contributed by atoms with van der Waals surface area (Å²) < 4.78 is 6.33. The largest absolute Gasteiger partial charge is 0.366 e. The molecule has 0 saturated carbocycles. The highest BCUT2D eigenvalue weighted by Gasteiger charge is 2.22. The lowest BCUT2D eigenvalue weighted by Gasteiger charge is -2.23. The van der Waals surface area contributed by atoms with Gasteiger partial charge in [-0.05, 0) is 35.2 Å². The van der Waals surface area contributed by atoms with E-state index >= 15 is 0 Å². The van der Waals surface area contributed by atoms with E-state index in [9.17, 15) is 4.79 Å². The number of nitrogens with zero attached hydrogens (tertiary/aromatic N) is 3. The first-order valence-electron chi connectivity index (χ1n) is 10.0. The Morgan fingerprint density at radius 2 is 1.65 bits per heavy atom. The van der Waals surface area contributed by atoms with Gasteiger partial charge in [-0.1, -0.05) is 78.0 Å². The first-order valence-corrected chi connectivity index (χ1v) is 10.0. The minimum atomic E-state index is -0.458. The number of tetrazole rings is 1. The molecule has 2 atom stereocenters. The van der Waals surface area contributed by atoms with Gasteiger partial charge in [0.05, 0.1) is 6.10 Å². The third-order valence-corrected chi connectivity index (χ3v) is 5.17.